The molecule has 0 aromatic heterocycles. The van der Waals surface area contributed by atoms with Gasteiger partial charge in [-0.1, -0.05) is 12.8 Å². The van der Waals surface area contributed by atoms with Gasteiger partial charge in [-0.05, 0) is 51.0 Å². The molecule has 5 heteroatoms. The fraction of sp³-hybridized carbons (Fsp3) is 1.00. The number of fused-ring (bicyclic) bond motifs is 1. The van der Waals surface area contributed by atoms with E-state index in [0.29, 0.717) is 18.5 Å². The summed E-state index contributed by atoms with van der Waals surface area (Å²) in [6, 6.07) is 0.314. The summed E-state index contributed by atoms with van der Waals surface area (Å²) >= 11 is 0. The Hall–Kier alpha value is -0.130. The van der Waals surface area contributed by atoms with Crippen molar-refractivity contribution in [3.8, 4) is 0 Å². The zero-order valence-electron chi connectivity index (χ0n) is 11.7. The minimum atomic E-state index is -3.08. The molecule has 0 spiro atoms. The highest BCUT2D eigenvalue weighted by Crippen LogP contribution is 2.37. The summed E-state index contributed by atoms with van der Waals surface area (Å²) in [5.74, 6) is 0.633. The molecule has 3 rings (SSSR count). The summed E-state index contributed by atoms with van der Waals surface area (Å²) in [5.41, 5.74) is 0. The smallest absolute Gasteiger partial charge is 0.218 e. The third-order valence-electron chi connectivity index (χ3n) is 5.19. The summed E-state index contributed by atoms with van der Waals surface area (Å²) in [5, 5.41) is 3.07. The van der Waals surface area contributed by atoms with Gasteiger partial charge in [0.2, 0.25) is 10.0 Å². The molecule has 0 bridgehead atoms. The van der Waals surface area contributed by atoms with Crippen LogP contribution in [0, 0.1) is 5.92 Å². The summed E-state index contributed by atoms with van der Waals surface area (Å²) < 4.78 is 27.7. The second kappa shape index (κ2) is 5.70. The van der Waals surface area contributed by atoms with Crippen LogP contribution in [0.3, 0.4) is 0 Å². The van der Waals surface area contributed by atoms with E-state index >= 15 is 0 Å². The topological polar surface area (TPSA) is 49.4 Å². The monoisotopic (exact) mass is 286 g/mol. The summed E-state index contributed by atoms with van der Waals surface area (Å²) in [4.78, 5) is 0. The molecule has 19 heavy (non-hydrogen) atoms. The number of nitrogens with zero attached hydrogens (tertiary/aromatic N) is 1. The van der Waals surface area contributed by atoms with Gasteiger partial charge in [-0.2, -0.15) is 4.31 Å². The predicted octanol–water partition coefficient (Wildman–Crippen LogP) is 1.72. The third-order valence-corrected chi connectivity index (χ3v) is 7.54. The lowest BCUT2D eigenvalue weighted by atomic mass is 9.79. The van der Waals surface area contributed by atoms with Crippen LogP contribution in [0.5, 0.6) is 0 Å². The van der Waals surface area contributed by atoms with E-state index in [-0.39, 0.29) is 5.25 Å². The molecule has 1 saturated carbocycles. The van der Waals surface area contributed by atoms with Gasteiger partial charge in [0, 0.05) is 19.1 Å². The molecule has 110 valence electrons. The van der Waals surface area contributed by atoms with E-state index in [1.807, 2.05) is 4.31 Å². The van der Waals surface area contributed by atoms with Gasteiger partial charge in [-0.25, -0.2) is 8.42 Å². The highest BCUT2D eigenvalue weighted by atomic mass is 32.2. The number of sulfonamides is 1. The van der Waals surface area contributed by atoms with Crippen LogP contribution in [0.1, 0.15) is 51.4 Å². The first kappa shape index (κ1) is 13.8. The van der Waals surface area contributed by atoms with E-state index in [1.54, 1.807) is 0 Å². The van der Waals surface area contributed by atoms with Crippen LogP contribution in [0.2, 0.25) is 0 Å². The Morgan fingerprint density at radius 2 is 1.74 bits per heavy atom. The quantitative estimate of drug-likeness (QED) is 0.841. The summed E-state index contributed by atoms with van der Waals surface area (Å²) in [6.45, 7) is 2.38. The first-order valence-corrected chi connectivity index (χ1v) is 9.41. The minimum absolute atomic E-state index is 0.179. The predicted molar refractivity (Wildman–Crippen MR) is 76.5 cm³/mol. The van der Waals surface area contributed by atoms with Gasteiger partial charge >= 0.3 is 0 Å². The molecule has 2 saturated heterocycles. The Kier molecular flexibility index (Phi) is 4.15. The first-order valence-electron chi connectivity index (χ1n) is 7.91. The van der Waals surface area contributed by atoms with Gasteiger partial charge in [0.1, 0.15) is 0 Å². The number of rotatable bonds is 2. The van der Waals surface area contributed by atoms with Crippen LogP contribution < -0.4 is 5.32 Å². The van der Waals surface area contributed by atoms with Crippen molar-refractivity contribution in [2.45, 2.75) is 62.7 Å². The van der Waals surface area contributed by atoms with Gasteiger partial charge < -0.3 is 5.32 Å². The highest BCUT2D eigenvalue weighted by molar-refractivity contribution is 7.89. The SMILES string of the molecule is O=S(=O)(C1CCCNC1)N1CCCC2CCCCC21. The molecule has 1 N–H and O–H groups in total. The van der Waals surface area contributed by atoms with Crippen molar-refractivity contribution in [2.75, 3.05) is 19.6 Å². The van der Waals surface area contributed by atoms with Crippen molar-refractivity contribution in [1.82, 2.24) is 9.62 Å². The van der Waals surface area contributed by atoms with Crippen LogP contribution in [0.15, 0.2) is 0 Å². The van der Waals surface area contributed by atoms with Crippen molar-refractivity contribution in [3.05, 3.63) is 0 Å². The molecule has 1 aliphatic carbocycles. The minimum Gasteiger partial charge on any atom is -0.315 e. The zero-order valence-corrected chi connectivity index (χ0v) is 12.5. The molecule has 2 heterocycles. The molecule has 2 aliphatic heterocycles. The van der Waals surface area contributed by atoms with E-state index < -0.39 is 10.0 Å². The Labute approximate surface area is 117 Å². The molecule has 0 amide bonds. The Balaban J connectivity index is 1.78. The fourth-order valence-corrected chi connectivity index (χ4v) is 6.38. The molecule has 0 aromatic carbocycles. The normalized spacial score (nSPS) is 37.8. The average molecular weight is 286 g/mol. The van der Waals surface area contributed by atoms with Crippen molar-refractivity contribution in [2.24, 2.45) is 5.92 Å². The van der Waals surface area contributed by atoms with Gasteiger partial charge in [0.25, 0.3) is 0 Å². The lowest BCUT2D eigenvalue weighted by molar-refractivity contribution is 0.127. The van der Waals surface area contributed by atoms with Crippen LogP contribution in [-0.4, -0.2) is 43.6 Å². The standard InChI is InChI=1S/C14H26N2O2S/c17-19(18,13-7-3-9-15-11-13)16-10-4-6-12-5-1-2-8-14(12)16/h12-15H,1-11H2. The highest BCUT2D eigenvalue weighted by Gasteiger charge is 2.42. The Morgan fingerprint density at radius 3 is 2.53 bits per heavy atom. The van der Waals surface area contributed by atoms with Crippen molar-refractivity contribution < 1.29 is 8.42 Å². The second-order valence-electron chi connectivity index (χ2n) is 6.38. The van der Waals surface area contributed by atoms with Gasteiger partial charge in [-0.15, -0.1) is 0 Å². The van der Waals surface area contributed by atoms with Crippen molar-refractivity contribution in [3.63, 3.8) is 0 Å². The summed E-state index contributed by atoms with van der Waals surface area (Å²) in [6.07, 6.45) is 8.94. The maximum absolute atomic E-state index is 12.9. The molecule has 3 fully saturated rings. The Morgan fingerprint density at radius 1 is 0.947 bits per heavy atom. The first-order chi connectivity index (χ1) is 9.19. The lowest BCUT2D eigenvalue weighted by Crippen LogP contribution is -2.54. The van der Waals surface area contributed by atoms with E-state index in [1.165, 1.54) is 25.7 Å². The summed E-state index contributed by atoms with van der Waals surface area (Å²) in [7, 11) is -3.08. The van der Waals surface area contributed by atoms with E-state index in [0.717, 1.165) is 38.8 Å². The maximum Gasteiger partial charge on any atom is 0.218 e. The van der Waals surface area contributed by atoms with Crippen LogP contribution in [0.4, 0.5) is 0 Å². The third kappa shape index (κ3) is 2.69. The zero-order chi connectivity index (χ0) is 13.3. The number of hydrogen-bond donors (Lipinski definition) is 1. The largest absolute Gasteiger partial charge is 0.315 e. The molecule has 0 radical (unpaired) electrons. The van der Waals surface area contributed by atoms with E-state index in [2.05, 4.69) is 5.32 Å². The maximum atomic E-state index is 12.9. The fourth-order valence-electron chi connectivity index (χ4n) is 4.16. The van der Waals surface area contributed by atoms with Crippen LogP contribution >= 0.6 is 0 Å². The Bertz CT molecular complexity index is 402. The van der Waals surface area contributed by atoms with Crippen molar-refractivity contribution >= 4 is 10.0 Å². The van der Waals surface area contributed by atoms with Gasteiger partial charge in [0.15, 0.2) is 0 Å². The van der Waals surface area contributed by atoms with Crippen molar-refractivity contribution in [1.29, 1.82) is 0 Å². The number of nitrogens with one attached hydrogen (secondary N) is 1. The molecule has 4 nitrogen and oxygen atoms in total. The molecular weight excluding hydrogens is 260 g/mol. The second-order valence-corrected chi connectivity index (χ2v) is 8.54. The van der Waals surface area contributed by atoms with Gasteiger partial charge in [0.05, 0.1) is 5.25 Å². The molecule has 0 aromatic rings. The number of hydrogen-bond acceptors (Lipinski definition) is 3. The molecule has 3 aliphatic rings. The average Bonchev–Trinajstić information content (AvgIpc) is 2.47. The number of piperidine rings is 2. The van der Waals surface area contributed by atoms with E-state index in [4.69, 9.17) is 0 Å². The van der Waals surface area contributed by atoms with Crippen LogP contribution in [0.25, 0.3) is 0 Å². The van der Waals surface area contributed by atoms with Gasteiger partial charge in [-0.3, -0.25) is 0 Å². The lowest BCUT2D eigenvalue weighted by Gasteiger charge is -2.44. The van der Waals surface area contributed by atoms with Crippen LogP contribution in [-0.2, 0) is 10.0 Å². The molecule has 3 atom stereocenters. The van der Waals surface area contributed by atoms with E-state index in [9.17, 15) is 8.42 Å². The molecular formula is C14H26N2O2S. The molecule has 3 unspecified atom stereocenters.